The Morgan fingerprint density at radius 2 is 1.82 bits per heavy atom. The minimum atomic E-state index is 0.0350. The third-order valence-electron chi connectivity index (χ3n) is 5.50. The fourth-order valence-corrected chi connectivity index (χ4v) is 3.76. The van der Waals surface area contributed by atoms with Crippen molar-refractivity contribution >= 4 is 5.91 Å². The summed E-state index contributed by atoms with van der Waals surface area (Å²) in [5.41, 5.74) is 2.25. The van der Waals surface area contributed by atoms with Crippen molar-refractivity contribution < 1.29 is 14.3 Å². The Kier molecular flexibility index (Phi) is 6.93. The monoisotopic (exact) mass is 382 g/mol. The zero-order chi connectivity index (χ0) is 19.9. The van der Waals surface area contributed by atoms with Crippen LogP contribution in [0, 0.1) is 5.92 Å². The van der Waals surface area contributed by atoms with Crippen LogP contribution in [0.5, 0.6) is 11.5 Å². The second-order valence-electron chi connectivity index (χ2n) is 7.37. The second-order valence-corrected chi connectivity index (χ2v) is 7.37. The van der Waals surface area contributed by atoms with Crippen LogP contribution >= 0.6 is 0 Å². The van der Waals surface area contributed by atoms with Gasteiger partial charge < -0.3 is 14.8 Å². The van der Waals surface area contributed by atoms with Gasteiger partial charge in [-0.2, -0.15) is 0 Å². The van der Waals surface area contributed by atoms with Crippen molar-refractivity contribution in [1.82, 2.24) is 10.2 Å². The number of likely N-dealkylation sites (tertiary alicyclic amines) is 1. The zero-order valence-electron chi connectivity index (χ0n) is 17.0. The number of amides is 1. The highest BCUT2D eigenvalue weighted by Gasteiger charge is 2.26. The van der Waals surface area contributed by atoms with Crippen molar-refractivity contribution in [2.24, 2.45) is 5.92 Å². The van der Waals surface area contributed by atoms with Crippen LogP contribution in [0.15, 0.2) is 48.5 Å². The van der Waals surface area contributed by atoms with Gasteiger partial charge in [-0.15, -0.1) is 0 Å². The normalized spacial score (nSPS) is 16.4. The van der Waals surface area contributed by atoms with Gasteiger partial charge in [-0.25, -0.2) is 0 Å². The summed E-state index contributed by atoms with van der Waals surface area (Å²) in [6.45, 7) is 4.64. The smallest absolute Gasteiger partial charge is 0.223 e. The van der Waals surface area contributed by atoms with Gasteiger partial charge in [0.2, 0.25) is 5.91 Å². The molecule has 1 N–H and O–H groups in total. The minimum Gasteiger partial charge on any atom is -0.497 e. The molecule has 0 spiro atoms. The standard InChI is InChI=1S/C23H30N2O3/c1-17(18-7-5-4-6-8-18)24-23(26)19-11-13-25(14-12-19)16-20-15-21(27-2)9-10-22(20)28-3/h4-10,15,17,19H,11-14,16H2,1-3H3,(H,24,26)/t17-/m1/s1. The van der Waals surface area contributed by atoms with E-state index in [2.05, 4.69) is 22.3 Å². The third-order valence-corrected chi connectivity index (χ3v) is 5.50. The Labute approximate surface area is 167 Å². The van der Waals surface area contributed by atoms with E-state index in [-0.39, 0.29) is 17.9 Å². The molecule has 0 saturated carbocycles. The fraction of sp³-hybridized carbons (Fsp3) is 0.435. The Balaban J connectivity index is 1.52. The van der Waals surface area contributed by atoms with Crippen LogP contribution in [0.3, 0.4) is 0 Å². The summed E-state index contributed by atoms with van der Waals surface area (Å²) < 4.78 is 10.8. The van der Waals surface area contributed by atoms with E-state index in [1.165, 1.54) is 0 Å². The molecular formula is C23H30N2O3. The number of nitrogens with zero attached hydrogens (tertiary/aromatic N) is 1. The largest absolute Gasteiger partial charge is 0.497 e. The lowest BCUT2D eigenvalue weighted by atomic mass is 9.94. The molecule has 5 heteroatoms. The van der Waals surface area contributed by atoms with Gasteiger partial charge in [0, 0.05) is 18.0 Å². The van der Waals surface area contributed by atoms with Crippen LogP contribution in [-0.2, 0) is 11.3 Å². The minimum absolute atomic E-state index is 0.0350. The molecule has 5 nitrogen and oxygen atoms in total. The number of piperidine rings is 1. The first-order chi connectivity index (χ1) is 13.6. The second kappa shape index (κ2) is 9.60. The first kappa shape index (κ1) is 20.2. The predicted molar refractivity (Wildman–Crippen MR) is 111 cm³/mol. The van der Waals surface area contributed by atoms with E-state index in [0.717, 1.165) is 55.1 Å². The number of rotatable bonds is 7. The van der Waals surface area contributed by atoms with Gasteiger partial charge in [-0.3, -0.25) is 9.69 Å². The molecule has 0 bridgehead atoms. The van der Waals surface area contributed by atoms with E-state index in [1.807, 2.05) is 43.3 Å². The maximum Gasteiger partial charge on any atom is 0.223 e. The molecule has 2 aromatic rings. The molecule has 1 aliphatic rings. The lowest BCUT2D eigenvalue weighted by Gasteiger charge is -2.32. The van der Waals surface area contributed by atoms with Gasteiger partial charge in [0.1, 0.15) is 11.5 Å². The summed E-state index contributed by atoms with van der Waals surface area (Å²) in [5, 5.41) is 3.17. The van der Waals surface area contributed by atoms with Gasteiger partial charge in [0.15, 0.2) is 0 Å². The molecule has 150 valence electrons. The summed E-state index contributed by atoms with van der Waals surface area (Å²) in [6.07, 6.45) is 1.75. The molecule has 0 aliphatic carbocycles. The van der Waals surface area contributed by atoms with Crippen LogP contribution in [0.2, 0.25) is 0 Å². The molecule has 1 heterocycles. The number of methoxy groups -OCH3 is 2. The molecule has 0 unspecified atom stereocenters. The number of benzene rings is 2. The highest BCUT2D eigenvalue weighted by Crippen LogP contribution is 2.27. The Hall–Kier alpha value is -2.53. The summed E-state index contributed by atoms with van der Waals surface area (Å²) >= 11 is 0. The van der Waals surface area contributed by atoms with E-state index in [1.54, 1.807) is 14.2 Å². The number of carbonyl (C=O) groups excluding carboxylic acids is 1. The van der Waals surface area contributed by atoms with Crippen LogP contribution in [0.1, 0.15) is 36.9 Å². The molecule has 1 fully saturated rings. The van der Waals surface area contributed by atoms with Crippen molar-refractivity contribution in [3.05, 3.63) is 59.7 Å². The Bertz CT molecular complexity index is 771. The lowest BCUT2D eigenvalue weighted by Crippen LogP contribution is -2.40. The van der Waals surface area contributed by atoms with Crippen molar-refractivity contribution in [1.29, 1.82) is 0 Å². The molecule has 1 aliphatic heterocycles. The van der Waals surface area contributed by atoms with Crippen LogP contribution < -0.4 is 14.8 Å². The first-order valence-electron chi connectivity index (χ1n) is 9.89. The highest BCUT2D eigenvalue weighted by atomic mass is 16.5. The number of hydrogen-bond donors (Lipinski definition) is 1. The van der Waals surface area contributed by atoms with Crippen molar-refractivity contribution in [2.45, 2.75) is 32.4 Å². The van der Waals surface area contributed by atoms with Gasteiger partial charge in [0.05, 0.1) is 20.3 Å². The molecule has 1 atom stereocenters. The number of nitrogens with one attached hydrogen (secondary N) is 1. The topological polar surface area (TPSA) is 50.8 Å². The van der Waals surface area contributed by atoms with Crippen LogP contribution in [-0.4, -0.2) is 38.1 Å². The first-order valence-corrected chi connectivity index (χ1v) is 9.89. The molecule has 0 radical (unpaired) electrons. The summed E-state index contributed by atoms with van der Waals surface area (Å²) in [5.74, 6) is 1.95. The fourth-order valence-electron chi connectivity index (χ4n) is 3.76. The molecule has 1 amide bonds. The maximum atomic E-state index is 12.7. The summed E-state index contributed by atoms with van der Waals surface area (Å²) in [7, 11) is 3.36. The van der Waals surface area contributed by atoms with Crippen LogP contribution in [0.4, 0.5) is 0 Å². The SMILES string of the molecule is COc1ccc(OC)c(CN2CCC(C(=O)N[C@H](C)c3ccccc3)CC2)c1. The Morgan fingerprint density at radius 1 is 1.11 bits per heavy atom. The van der Waals surface area contributed by atoms with E-state index >= 15 is 0 Å². The quantitative estimate of drug-likeness (QED) is 0.792. The zero-order valence-corrected chi connectivity index (χ0v) is 17.0. The predicted octanol–water partition coefficient (Wildman–Crippen LogP) is 3.79. The Morgan fingerprint density at radius 3 is 2.46 bits per heavy atom. The molecule has 0 aromatic heterocycles. The van der Waals surface area contributed by atoms with Crippen molar-refractivity contribution in [3.63, 3.8) is 0 Å². The number of carbonyl (C=O) groups is 1. The van der Waals surface area contributed by atoms with E-state index in [9.17, 15) is 4.79 Å². The number of ether oxygens (including phenoxy) is 2. The van der Waals surface area contributed by atoms with Crippen molar-refractivity contribution in [2.75, 3.05) is 27.3 Å². The third kappa shape index (κ3) is 5.04. The number of hydrogen-bond acceptors (Lipinski definition) is 4. The molecular weight excluding hydrogens is 352 g/mol. The average Bonchev–Trinajstić information content (AvgIpc) is 2.74. The molecule has 1 saturated heterocycles. The molecule has 2 aromatic carbocycles. The van der Waals surface area contributed by atoms with E-state index in [0.29, 0.717) is 0 Å². The van der Waals surface area contributed by atoms with E-state index in [4.69, 9.17) is 9.47 Å². The van der Waals surface area contributed by atoms with Crippen LogP contribution in [0.25, 0.3) is 0 Å². The lowest BCUT2D eigenvalue weighted by molar-refractivity contribution is -0.127. The van der Waals surface area contributed by atoms with Crippen molar-refractivity contribution in [3.8, 4) is 11.5 Å². The van der Waals surface area contributed by atoms with Gasteiger partial charge in [0.25, 0.3) is 0 Å². The highest BCUT2D eigenvalue weighted by molar-refractivity contribution is 5.79. The van der Waals surface area contributed by atoms with Gasteiger partial charge >= 0.3 is 0 Å². The van der Waals surface area contributed by atoms with Gasteiger partial charge in [-0.05, 0) is 56.6 Å². The maximum absolute atomic E-state index is 12.7. The van der Waals surface area contributed by atoms with E-state index < -0.39 is 0 Å². The molecule has 28 heavy (non-hydrogen) atoms. The average molecular weight is 383 g/mol. The molecule has 3 rings (SSSR count). The summed E-state index contributed by atoms with van der Waals surface area (Å²) in [6, 6.07) is 16.0. The van der Waals surface area contributed by atoms with Gasteiger partial charge in [-0.1, -0.05) is 30.3 Å². The summed E-state index contributed by atoms with van der Waals surface area (Å²) in [4.78, 5) is 15.0.